The van der Waals surface area contributed by atoms with Crippen LogP contribution in [0.3, 0.4) is 0 Å². The molecule has 1 aliphatic rings. The van der Waals surface area contributed by atoms with Gasteiger partial charge < -0.3 is 4.74 Å². The Morgan fingerprint density at radius 2 is 1.84 bits per heavy atom. The molecule has 2 aromatic carbocycles. The van der Waals surface area contributed by atoms with Crippen LogP contribution in [0.25, 0.3) is 17.2 Å². The fourth-order valence-electron chi connectivity index (χ4n) is 2.68. The number of ether oxygens (including phenoxy) is 1. The van der Waals surface area contributed by atoms with Gasteiger partial charge in [0.1, 0.15) is 12.4 Å². The minimum atomic E-state index is -3.80. The zero-order valence-corrected chi connectivity index (χ0v) is 13.8. The molecule has 2 aromatic rings. The topological polar surface area (TPSA) is 86.5 Å². The van der Waals surface area contributed by atoms with Crippen LogP contribution in [-0.2, 0) is 19.6 Å². The molecule has 0 atom stereocenters. The minimum Gasteiger partial charge on any atom is -0.457 e. The monoisotopic (exact) mass is 359 g/mol. The van der Waals surface area contributed by atoms with Gasteiger partial charge in [0.25, 0.3) is 0 Å². The number of primary sulfonamides is 1. The number of esters is 1. The zero-order chi connectivity index (χ0) is 18.2. The number of cyclic esters (lactones) is 1. The second-order valence-electron chi connectivity index (χ2n) is 5.43. The molecule has 25 heavy (non-hydrogen) atoms. The first-order valence-corrected chi connectivity index (χ1v) is 8.82. The summed E-state index contributed by atoms with van der Waals surface area (Å²) in [6.45, 7) is 3.68. The van der Waals surface area contributed by atoms with E-state index in [1.54, 1.807) is 12.1 Å². The van der Waals surface area contributed by atoms with E-state index in [4.69, 9.17) is 9.88 Å². The third-order valence-electron chi connectivity index (χ3n) is 3.89. The highest BCUT2D eigenvalue weighted by Gasteiger charge is 2.28. The highest BCUT2D eigenvalue weighted by atomic mass is 32.2. The van der Waals surface area contributed by atoms with Crippen LogP contribution in [0.1, 0.15) is 16.7 Å². The highest BCUT2D eigenvalue weighted by Crippen LogP contribution is 2.35. The smallest absolute Gasteiger partial charge is 0.339 e. The minimum absolute atomic E-state index is 0.0304. The molecule has 0 amide bonds. The van der Waals surface area contributed by atoms with E-state index in [2.05, 4.69) is 6.58 Å². The van der Waals surface area contributed by atoms with E-state index in [0.717, 1.165) is 0 Å². The SMILES string of the molecule is C=Cc1cc(F)ccc1C1=C(c2ccc(S(N)(=O)=O)cc2)COC1=O. The van der Waals surface area contributed by atoms with E-state index in [1.807, 2.05) is 0 Å². The molecule has 2 N–H and O–H groups in total. The van der Waals surface area contributed by atoms with Gasteiger partial charge in [-0.25, -0.2) is 22.7 Å². The van der Waals surface area contributed by atoms with Crippen molar-refractivity contribution in [2.24, 2.45) is 5.14 Å². The van der Waals surface area contributed by atoms with Crippen molar-refractivity contribution in [3.63, 3.8) is 0 Å². The number of rotatable bonds is 4. The van der Waals surface area contributed by atoms with Crippen molar-refractivity contribution in [3.05, 3.63) is 71.6 Å². The second-order valence-corrected chi connectivity index (χ2v) is 7.00. The summed E-state index contributed by atoms with van der Waals surface area (Å²) in [6, 6.07) is 9.84. The number of sulfonamides is 1. The molecule has 3 rings (SSSR count). The van der Waals surface area contributed by atoms with Crippen LogP contribution in [0.15, 0.2) is 53.9 Å². The first-order valence-electron chi connectivity index (χ1n) is 7.27. The predicted octanol–water partition coefficient (Wildman–Crippen LogP) is 2.58. The second kappa shape index (κ2) is 6.27. The lowest BCUT2D eigenvalue weighted by atomic mass is 9.93. The average molecular weight is 359 g/mol. The summed E-state index contributed by atoms with van der Waals surface area (Å²) in [5.74, 6) is -0.968. The molecule has 0 saturated carbocycles. The van der Waals surface area contributed by atoms with Gasteiger partial charge in [0, 0.05) is 5.57 Å². The van der Waals surface area contributed by atoms with Crippen molar-refractivity contribution in [2.45, 2.75) is 4.90 Å². The summed E-state index contributed by atoms with van der Waals surface area (Å²) in [5, 5.41) is 5.09. The number of benzene rings is 2. The van der Waals surface area contributed by atoms with Gasteiger partial charge in [0.05, 0.1) is 10.5 Å². The molecule has 0 saturated heterocycles. The molecule has 1 aliphatic heterocycles. The predicted molar refractivity (Wildman–Crippen MR) is 92.1 cm³/mol. The summed E-state index contributed by atoms with van der Waals surface area (Å²) in [6.07, 6.45) is 1.46. The first-order chi connectivity index (χ1) is 11.8. The molecule has 128 valence electrons. The molecular weight excluding hydrogens is 345 g/mol. The van der Waals surface area contributed by atoms with Crippen LogP contribution in [0, 0.1) is 5.82 Å². The molecule has 0 radical (unpaired) electrons. The lowest BCUT2D eigenvalue weighted by Crippen LogP contribution is -2.11. The molecule has 1 heterocycles. The van der Waals surface area contributed by atoms with Crippen molar-refractivity contribution in [1.82, 2.24) is 0 Å². The highest BCUT2D eigenvalue weighted by molar-refractivity contribution is 7.89. The Labute approximate surface area is 144 Å². The Balaban J connectivity index is 2.16. The summed E-state index contributed by atoms with van der Waals surface area (Å²) in [7, 11) is -3.80. The number of hydrogen-bond donors (Lipinski definition) is 1. The number of hydrogen-bond acceptors (Lipinski definition) is 4. The van der Waals surface area contributed by atoms with Crippen molar-refractivity contribution < 1.29 is 22.3 Å². The molecule has 0 unspecified atom stereocenters. The van der Waals surface area contributed by atoms with Crippen LogP contribution in [0.4, 0.5) is 4.39 Å². The Hall–Kier alpha value is -2.77. The fourth-order valence-corrected chi connectivity index (χ4v) is 3.20. The number of carbonyl (C=O) groups excluding carboxylic acids is 1. The van der Waals surface area contributed by atoms with Crippen LogP contribution in [-0.4, -0.2) is 21.0 Å². The summed E-state index contributed by atoms with van der Waals surface area (Å²) in [4.78, 5) is 12.2. The maximum Gasteiger partial charge on any atom is 0.339 e. The maximum absolute atomic E-state index is 13.4. The Morgan fingerprint density at radius 1 is 1.16 bits per heavy atom. The van der Waals surface area contributed by atoms with Crippen LogP contribution in [0.5, 0.6) is 0 Å². The van der Waals surface area contributed by atoms with Gasteiger partial charge in [0.2, 0.25) is 10.0 Å². The Kier molecular flexibility index (Phi) is 4.28. The number of nitrogens with two attached hydrogens (primary N) is 1. The quantitative estimate of drug-likeness (QED) is 0.850. The number of halogens is 1. The first kappa shape index (κ1) is 17.1. The van der Waals surface area contributed by atoms with Gasteiger partial charge in [-0.2, -0.15) is 0 Å². The van der Waals surface area contributed by atoms with E-state index < -0.39 is 21.8 Å². The van der Waals surface area contributed by atoms with Gasteiger partial charge >= 0.3 is 5.97 Å². The molecule has 5 nitrogen and oxygen atoms in total. The Morgan fingerprint density at radius 3 is 2.44 bits per heavy atom. The van der Waals surface area contributed by atoms with Gasteiger partial charge in [0.15, 0.2) is 0 Å². The molecule has 0 fully saturated rings. The molecule has 0 spiro atoms. The van der Waals surface area contributed by atoms with Crippen molar-refractivity contribution in [2.75, 3.05) is 6.61 Å². The summed E-state index contributed by atoms with van der Waals surface area (Å²) < 4.78 is 41.3. The van der Waals surface area contributed by atoms with Gasteiger partial charge in [-0.05, 0) is 41.0 Å². The van der Waals surface area contributed by atoms with E-state index in [0.29, 0.717) is 27.8 Å². The molecular formula is C18H14FNO4S. The molecule has 0 aliphatic carbocycles. The van der Waals surface area contributed by atoms with Crippen molar-refractivity contribution >= 4 is 33.2 Å². The Bertz CT molecular complexity index is 1010. The standard InChI is InChI=1S/C18H14FNO4S/c1-2-11-9-13(19)5-8-15(11)17-16(10-24-18(17)21)12-3-6-14(7-4-12)25(20,22)23/h2-9H,1,10H2,(H2,20,22,23). The third kappa shape index (κ3) is 3.24. The largest absolute Gasteiger partial charge is 0.457 e. The van der Waals surface area contributed by atoms with Gasteiger partial charge in [-0.3, -0.25) is 0 Å². The van der Waals surface area contributed by atoms with E-state index >= 15 is 0 Å². The lowest BCUT2D eigenvalue weighted by Gasteiger charge is -2.08. The van der Waals surface area contributed by atoms with E-state index in [-0.39, 0.29) is 11.5 Å². The third-order valence-corrected chi connectivity index (χ3v) is 4.82. The van der Waals surface area contributed by atoms with Gasteiger partial charge in [-0.15, -0.1) is 0 Å². The maximum atomic E-state index is 13.4. The number of carbonyl (C=O) groups is 1. The van der Waals surface area contributed by atoms with Crippen molar-refractivity contribution in [1.29, 1.82) is 0 Å². The zero-order valence-electron chi connectivity index (χ0n) is 13.0. The van der Waals surface area contributed by atoms with Gasteiger partial charge in [-0.1, -0.05) is 30.9 Å². The fraction of sp³-hybridized carbons (Fsp3) is 0.0556. The van der Waals surface area contributed by atoms with E-state index in [1.165, 1.54) is 36.4 Å². The normalized spacial score (nSPS) is 14.6. The molecule has 7 heteroatoms. The summed E-state index contributed by atoms with van der Waals surface area (Å²) in [5.41, 5.74) is 2.48. The van der Waals surface area contributed by atoms with Crippen LogP contribution >= 0.6 is 0 Å². The average Bonchev–Trinajstić information content (AvgIpc) is 2.95. The summed E-state index contributed by atoms with van der Waals surface area (Å²) >= 11 is 0. The van der Waals surface area contributed by atoms with Crippen LogP contribution in [0.2, 0.25) is 0 Å². The lowest BCUT2D eigenvalue weighted by molar-refractivity contribution is -0.133. The molecule has 0 aromatic heterocycles. The molecule has 0 bridgehead atoms. The van der Waals surface area contributed by atoms with Crippen molar-refractivity contribution in [3.8, 4) is 0 Å². The van der Waals surface area contributed by atoms with E-state index in [9.17, 15) is 17.6 Å². The van der Waals surface area contributed by atoms with Crippen LogP contribution < -0.4 is 5.14 Å².